The van der Waals surface area contributed by atoms with Gasteiger partial charge in [0, 0.05) is 10.0 Å². The van der Waals surface area contributed by atoms with Crippen LogP contribution in [-0.4, -0.2) is 17.7 Å². The Morgan fingerprint density at radius 2 is 2.18 bits per heavy atom. The number of benzene rings is 1. The summed E-state index contributed by atoms with van der Waals surface area (Å²) < 4.78 is 19.7. The SMILES string of the molecule is CCOc1c(Br)cc(Br)cc1C=C(F)C(=O)O. The number of carbonyl (C=O) groups is 1. The zero-order valence-electron chi connectivity index (χ0n) is 8.84. The summed E-state index contributed by atoms with van der Waals surface area (Å²) in [7, 11) is 0. The fourth-order valence-corrected chi connectivity index (χ4v) is 2.56. The van der Waals surface area contributed by atoms with Crippen LogP contribution in [0, 0.1) is 0 Å². The molecular weight excluding hydrogens is 359 g/mol. The van der Waals surface area contributed by atoms with Crippen LogP contribution in [0.1, 0.15) is 12.5 Å². The van der Waals surface area contributed by atoms with Crippen LogP contribution in [0.3, 0.4) is 0 Å². The van der Waals surface area contributed by atoms with E-state index in [1.807, 2.05) is 0 Å². The van der Waals surface area contributed by atoms with E-state index < -0.39 is 11.8 Å². The lowest BCUT2D eigenvalue weighted by molar-refractivity contribution is -0.134. The number of hydrogen-bond donors (Lipinski definition) is 1. The summed E-state index contributed by atoms with van der Waals surface area (Å²) >= 11 is 6.51. The minimum atomic E-state index is -1.61. The lowest BCUT2D eigenvalue weighted by Crippen LogP contribution is -1.98. The smallest absolute Gasteiger partial charge is 0.364 e. The number of hydrogen-bond acceptors (Lipinski definition) is 2. The molecular formula is C11H9Br2FO3. The lowest BCUT2D eigenvalue weighted by Gasteiger charge is -2.10. The van der Waals surface area contributed by atoms with Gasteiger partial charge in [0.05, 0.1) is 11.1 Å². The van der Waals surface area contributed by atoms with Gasteiger partial charge in [0.25, 0.3) is 0 Å². The molecule has 0 unspecified atom stereocenters. The van der Waals surface area contributed by atoms with Crippen molar-refractivity contribution in [3.05, 3.63) is 32.5 Å². The van der Waals surface area contributed by atoms with E-state index in [0.29, 0.717) is 26.9 Å². The second-order valence-electron chi connectivity index (χ2n) is 3.04. The van der Waals surface area contributed by atoms with E-state index in [4.69, 9.17) is 9.84 Å². The highest BCUT2D eigenvalue weighted by atomic mass is 79.9. The first kappa shape index (κ1) is 14.2. The largest absolute Gasteiger partial charge is 0.492 e. The summed E-state index contributed by atoms with van der Waals surface area (Å²) in [5.74, 6) is -2.44. The zero-order chi connectivity index (χ0) is 13.0. The summed E-state index contributed by atoms with van der Waals surface area (Å²) in [6.45, 7) is 2.19. The van der Waals surface area contributed by atoms with Crippen LogP contribution in [0.25, 0.3) is 6.08 Å². The fourth-order valence-electron chi connectivity index (χ4n) is 1.18. The molecule has 0 aliphatic rings. The molecule has 1 aromatic carbocycles. The number of aliphatic carboxylic acids is 1. The van der Waals surface area contributed by atoms with Crippen LogP contribution >= 0.6 is 31.9 Å². The Kier molecular flexibility index (Phi) is 5.14. The number of carboxylic acids is 1. The van der Waals surface area contributed by atoms with E-state index in [9.17, 15) is 9.18 Å². The number of halogens is 3. The molecule has 0 bridgehead atoms. The average molecular weight is 368 g/mol. The van der Waals surface area contributed by atoms with Crippen molar-refractivity contribution in [1.29, 1.82) is 0 Å². The van der Waals surface area contributed by atoms with Crippen LogP contribution in [-0.2, 0) is 4.79 Å². The first-order valence-corrected chi connectivity index (χ1v) is 6.26. The molecule has 1 rings (SSSR count). The van der Waals surface area contributed by atoms with Crippen molar-refractivity contribution in [3.8, 4) is 5.75 Å². The van der Waals surface area contributed by atoms with Gasteiger partial charge in [-0.3, -0.25) is 0 Å². The van der Waals surface area contributed by atoms with E-state index in [-0.39, 0.29) is 0 Å². The molecule has 0 saturated carbocycles. The van der Waals surface area contributed by atoms with Crippen LogP contribution in [0.4, 0.5) is 4.39 Å². The van der Waals surface area contributed by atoms with Crippen molar-refractivity contribution in [1.82, 2.24) is 0 Å². The summed E-state index contributed by atoms with van der Waals surface area (Å²) in [5, 5.41) is 8.50. The van der Waals surface area contributed by atoms with Gasteiger partial charge < -0.3 is 9.84 Å². The maximum Gasteiger partial charge on any atom is 0.364 e. The third-order valence-electron chi connectivity index (χ3n) is 1.81. The van der Waals surface area contributed by atoms with Crippen molar-refractivity contribution >= 4 is 43.9 Å². The van der Waals surface area contributed by atoms with Crippen molar-refractivity contribution in [3.63, 3.8) is 0 Å². The standard InChI is InChI=1S/C11H9Br2FO3/c1-2-17-10-6(4-9(14)11(15)16)3-7(12)5-8(10)13/h3-5H,2H2,1H3,(H,15,16). The van der Waals surface area contributed by atoms with Crippen LogP contribution in [0.5, 0.6) is 5.75 Å². The first-order valence-electron chi connectivity index (χ1n) is 4.68. The van der Waals surface area contributed by atoms with Gasteiger partial charge in [-0.2, -0.15) is 4.39 Å². The molecule has 0 atom stereocenters. The molecule has 0 fully saturated rings. The Labute approximate surface area is 115 Å². The van der Waals surface area contributed by atoms with Gasteiger partial charge in [0.2, 0.25) is 5.83 Å². The Bertz CT molecular complexity index is 472. The van der Waals surface area contributed by atoms with Crippen LogP contribution in [0.15, 0.2) is 26.9 Å². The Morgan fingerprint density at radius 3 is 2.71 bits per heavy atom. The molecule has 3 nitrogen and oxygen atoms in total. The van der Waals surface area contributed by atoms with E-state index in [1.54, 1.807) is 19.1 Å². The number of ether oxygens (including phenoxy) is 1. The molecule has 0 amide bonds. The van der Waals surface area contributed by atoms with Gasteiger partial charge in [-0.05, 0) is 41.1 Å². The van der Waals surface area contributed by atoms with Crippen molar-refractivity contribution in [2.24, 2.45) is 0 Å². The van der Waals surface area contributed by atoms with Crippen molar-refractivity contribution in [2.45, 2.75) is 6.92 Å². The van der Waals surface area contributed by atoms with Gasteiger partial charge in [-0.15, -0.1) is 0 Å². The van der Waals surface area contributed by atoms with E-state index in [0.717, 1.165) is 6.08 Å². The molecule has 0 aliphatic carbocycles. The Hall–Kier alpha value is -0.880. The van der Waals surface area contributed by atoms with E-state index in [2.05, 4.69) is 31.9 Å². The first-order chi connectivity index (χ1) is 7.95. The Morgan fingerprint density at radius 1 is 1.53 bits per heavy atom. The highest BCUT2D eigenvalue weighted by Crippen LogP contribution is 2.34. The van der Waals surface area contributed by atoms with Gasteiger partial charge in [-0.25, -0.2) is 4.79 Å². The van der Waals surface area contributed by atoms with Gasteiger partial charge in [0.15, 0.2) is 0 Å². The van der Waals surface area contributed by atoms with Gasteiger partial charge in [-0.1, -0.05) is 15.9 Å². The third kappa shape index (κ3) is 3.81. The third-order valence-corrected chi connectivity index (χ3v) is 2.86. The summed E-state index contributed by atoms with van der Waals surface area (Å²) in [4.78, 5) is 10.4. The maximum absolute atomic E-state index is 13.1. The molecule has 0 aromatic heterocycles. The number of rotatable bonds is 4. The summed E-state index contributed by atoms with van der Waals surface area (Å²) in [6.07, 6.45) is 0.919. The molecule has 1 aromatic rings. The fraction of sp³-hybridized carbons (Fsp3) is 0.182. The van der Waals surface area contributed by atoms with E-state index >= 15 is 0 Å². The molecule has 0 aliphatic heterocycles. The Balaban J connectivity index is 3.30. The average Bonchev–Trinajstić information content (AvgIpc) is 2.22. The highest BCUT2D eigenvalue weighted by Gasteiger charge is 2.12. The molecule has 0 spiro atoms. The summed E-state index contributed by atoms with van der Waals surface area (Å²) in [6, 6.07) is 3.32. The van der Waals surface area contributed by atoms with E-state index in [1.165, 1.54) is 0 Å². The predicted octanol–water partition coefficient (Wildman–Crippen LogP) is 4.01. The minimum Gasteiger partial charge on any atom is -0.492 e. The monoisotopic (exact) mass is 366 g/mol. The highest BCUT2D eigenvalue weighted by molar-refractivity contribution is 9.11. The molecule has 92 valence electrons. The quantitative estimate of drug-likeness (QED) is 0.818. The molecule has 17 heavy (non-hydrogen) atoms. The number of carboxylic acid groups (broad SMARTS) is 1. The molecule has 1 N–H and O–H groups in total. The predicted molar refractivity (Wildman–Crippen MR) is 69.7 cm³/mol. The second kappa shape index (κ2) is 6.16. The minimum absolute atomic E-state index is 0.355. The van der Waals surface area contributed by atoms with Crippen LogP contribution < -0.4 is 4.74 Å². The molecule has 0 heterocycles. The zero-order valence-corrected chi connectivity index (χ0v) is 12.0. The van der Waals surface area contributed by atoms with Crippen molar-refractivity contribution in [2.75, 3.05) is 6.61 Å². The molecule has 6 heteroatoms. The maximum atomic E-state index is 13.1. The topological polar surface area (TPSA) is 46.5 Å². The molecule has 0 saturated heterocycles. The molecule has 0 radical (unpaired) electrons. The van der Waals surface area contributed by atoms with Gasteiger partial charge in [0.1, 0.15) is 5.75 Å². The van der Waals surface area contributed by atoms with Crippen molar-refractivity contribution < 1.29 is 19.0 Å². The second-order valence-corrected chi connectivity index (χ2v) is 4.81. The summed E-state index contributed by atoms with van der Waals surface area (Å²) in [5.41, 5.74) is 0.355. The normalized spacial score (nSPS) is 11.4. The lowest BCUT2D eigenvalue weighted by atomic mass is 10.2. The van der Waals surface area contributed by atoms with Gasteiger partial charge >= 0.3 is 5.97 Å². The van der Waals surface area contributed by atoms with Crippen LogP contribution in [0.2, 0.25) is 0 Å².